The zero-order chi connectivity index (χ0) is 25.7. The molecule has 0 radical (unpaired) electrons. The van der Waals surface area contributed by atoms with Crippen LogP contribution in [0.3, 0.4) is 0 Å². The Balaban J connectivity index is 4.79. The normalized spacial score (nSPS) is 14.8. The second-order valence-corrected chi connectivity index (χ2v) is 13.3. The van der Waals surface area contributed by atoms with Gasteiger partial charge >= 0.3 is 5.97 Å². The van der Waals surface area contributed by atoms with Gasteiger partial charge in [0.05, 0.1) is 9.47 Å². The lowest BCUT2D eigenvalue weighted by molar-refractivity contribution is -0.133. The number of rotatable bonds is 18. The molecule has 0 bridgehead atoms. The molecule has 0 spiro atoms. The van der Waals surface area contributed by atoms with E-state index in [9.17, 15) is 9.59 Å². The van der Waals surface area contributed by atoms with E-state index in [2.05, 4.69) is 79.2 Å². The molecule has 8 heteroatoms. The van der Waals surface area contributed by atoms with Gasteiger partial charge in [-0.2, -0.15) is 0 Å². The van der Waals surface area contributed by atoms with Crippen molar-refractivity contribution in [3.8, 4) is 0 Å². The Hall–Kier alpha value is 0.190. The fourth-order valence-corrected chi connectivity index (χ4v) is 5.12. The number of unbranched alkanes of at least 4 members (excludes halogenated alkanes) is 2. The monoisotopic (exact) mass is 522 g/mol. The highest BCUT2D eigenvalue weighted by atomic mass is 32.0. The highest BCUT2D eigenvalue weighted by Crippen LogP contribution is 2.49. The van der Waals surface area contributed by atoms with Gasteiger partial charge in [-0.15, -0.1) is 0 Å². The molecule has 5 atom stereocenters. The second-order valence-electron chi connectivity index (χ2n) is 11.6. The number of carbonyl (C=O) groups is 2. The quantitative estimate of drug-likeness (QED) is 0.155. The molecule has 0 fully saturated rings. The van der Waals surface area contributed by atoms with Crippen molar-refractivity contribution in [2.45, 2.75) is 100 Å². The zero-order valence-electron chi connectivity index (χ0n) is 22.6. The molecule has 196 valence electrons. The number of hydrogen-bond acceptors (Lipinski definition) is 4. The predicted molar refractivity (Wildman–Crippen MR) is 151 cm³/mol. The van der Waals surface area contributed by atoms with E-state index in [-0.39, 0.29) is 22.7 Å². The minimum absolute atomic E-state index is 0.121. The molecule has 0 saturated carbocycles. The van der Waals surface area contributed by atoms with Crippen LogP contribution in [0.5, 0.6) is 0 Å². The largest absolute Gasteiger partial charge is 0.452 e. The van der Waals surface area contributed by atoms with Gasteiger partial charge in [-0.1, -0.05) is 70.7 Å². The van der Waals surface area contributed by atoms with Crippen molar-refractivity contribution in [2.24, 2.45) is 34.5 Å². The minimum Gasteiger partial charge on any atom is -0.452 e. The first-order valence-corrected chi connectivity index (χ1v) is 15.9. The van der Waals surface area contributed by atoms with E-state index in [4.69, 9.17) is 0 Å². The molecule has 0 aliphatic rings. The van der Waals surface area contributed by atoms with Crippen LogP contribution in [0.1, 0.15) is 100 Å². The molecule has 0 aliphatic carbocycles. The Kier molecular flexibility index (Phi) is 16.9. The van der Waals surface area contributed by atoms with E-state index >= 15 is 0 Å². The van der Waals surface area contributed by atoms with Crippen molar-refractivity contribution in [3.63, 3.8) is 0 Å². The summed E-state index contributed by atoms with van der Waals surface area (Å²) in [6.45, 7) is 20.7. The summed E-state index contributed by atoms with van der Waals surface area (Å²) in [5.41, 5.74) is 0.359. The summed E-state index contributed by atoms with van der Waals surface area (Å²) in [6, 6.07) is 0. The van der Waals surface area contributed by atoms with Gasteiger partial charge in [0.15, 0.2) is 0 Å². The van der Waals surface area contributed by atoms with Crippen LogP contribution in [-0.4, -0.2) is 25.0 Å². The third kappa shape index (κ3) is 13.8. The molecule has 0 rings (SSSR count). The van der Waals surface area contributed by atoms with Crippen molar-refractivity contribution < 1.29 is 14.1 Å². The highest BCUT2D eigenvalue weighted by molar-refractivity contribution is 8.01. The van der Waals surface area contributed by atoms with Gasteiger partial charge in [0, 0.05) is 25.9 Å². The Morgan fingerprint density at radius 1 is 0.848 bits per heavy atom. The van der Waals surface area contributed by atoms with Gasteiger partial charge in [0.1, 0.15) is 0 Å². The summed E-state index contributed by atoms with van der Waals surface area (Å²) in [6.07, 6.45) is 5.67. The van der Waals surface area contributed by atoms with Crippen LogP contribution in [0, 0.1) is 34.5 Å². The maximum Gasteiger partial charge on any atom is 0.307 e. The highest BCUT2D eigenvalue weighted by Gasteiger charge is 2.40. The maximum atomic E-state index is 12.4. The van der Waals surface area contributed by atoms with Gasteiger partial charge in [0.25, 0.3) is 0 Å². The third-order valence-corrected chi connectivity index (χ3v) is 8.99. The van der Waals surface area contributed by atoms with Gasteiger partial charge in [-0.3, -0.25) is 14.7 Å². The topological polar surface area (TPSA) is 67.4 Å². The van der Waals surface area contributed by atoms with Gasteiger partial charge in [-0.05, 0) is 68.6 Å². The van der Waals surface area contributed by atoms with E-state index in [1.807, 2.05) is 9.47 Å². The summed E-state index contributed by atoms with van der Waals surface area (Å²) in [4.78, 5) is 23.5. The van der Waals surface area contributed by atoms with Crippen molar-refractivity contribution in [1.29, 1.82) is 0 Å². The minimum atomic E-state index is -0.213. The molecule has 0 heterocycles. The lowest BCUT2D eigenvalue weighted by atomic mass is 9.59. The lowest BCUT2D eigenvalue weighted by Crippen LogP contribution is -2.41. The average molecular weight is 523 g/mol. The van der Waals surface area contributed by atoms with Crippen molar-refractivity contribution >= 4 is 38.7 Å². The molecular weight excluding hydrogens is 469 g/mol. The molecule has 0 aromatic carbocycles. The molecule has 5 unspecified atom stereocenters. The summed E-state index contributed by atoms with van der Waals surface area (Å²) < 4.78 is 4.57. The fourth-order valence-electron chi connectivity index (χ4n) is 4.26. The fraction of sp³-hybridized carbons (Fsp3) is 0.920. The number of hydrogen-bond donors (Lipinski definition) is 2. The average Bonchev–Trinajstić information content (AvgIpc) is 2.72. The summed E-state index contributed by atoms with van der Waals surface area (Å²) in [7, 11) is 5.48. The van der Waals surface area contributed by atoms with Crippen molar-refractivity contribution in [2.75, 3.05) is 13.1 Å². The molecule has 0 saturated heterocycles. The maximum absolute atomic E-state index is 12.4. The van der Waals surface area contributed by atoms with Crippen LogP contribution in [0.2, 0.25) is 0 Å². The Morgan fingerprint density at radius 3 is 1.79 bits per heavy atom. The molecule has 1 amide bonds. The molecule has 2 N–H and O–H groups in total. The standard InChI is InChI=1S/C25H53N2O3P3/c1-18(2)20(16-26-22(28)12-10-9-11-13-23(29)30-31)14-24(5,6)25(7,8)15-21(19(3)4)17-27-33-32/h18-21,27,33H,9-17,31-32H2,1-8H3,(H,26,28). The first-order chi connectivity index (χ1) is 15.3. The summed E-state index contributed by atoms with van der Waals surface area (Å²) >= 11 is 0. The van der Waals surface area contributed by atoms with Crippen LogP contribution in [0.15, 0.2) is 0 Å². The molecular formula is C25H53N2O3P3. The van der Waals surface area contributed by atoms with Gasteiger partial charge in [-0.25, -0.2) is 0 Å². The van der Waals surface area contributed by atoms with Crippen molar-refractivity contribution in [1.82, 2.24) is 10.4 Å². The Morgan fingerprint density at radius 2 is 1.33 bits per heavy atom. The van der Waals surface area contributed by atoms with Crippen LogP contribution in [-0.2, 0) is 14.1 Å². The smallest absolute Gasteiger partial charge is 0.307 e. The second kappa shape index (κ2) is 16.8. The van der Waals surface area contributed by atoms with E-state index < -0.39 is 0 Å². The van der Waals surface area contributed by atoms with Crippen LogP contribution in [0.25, 0.3) is 0 Å². The Bertz CT molecular complexity index is 569. The van der Waals surface area contributed by atoms with E-state index in [1.165, 1.54) is 6.42 Å². The van der Waals surface area contributed by atoms with Gasteiger partial charge < -0.3 is 9.84 Å². The van der Waals surface area contributed by atoms with Gasteiger partial charge in [0.2, 0.25) is 5.91 Å². The number of carbonyl (C=O) groups excluding carboxylic acids is 2. The van der Waals surface area contributed by atoms with E-state index in [0.717, 1.165) is 38.8 Å². The number of amides is 1. The van der Waals surface area contributed by atoms with E-state index in [1.54, 1.807) is 0 Å². The van der Waals surface area contributed by atoms with E-state index in [0.29, 0.717) is 44.9 Å². The first kappa shape index (κ1) is 33.2. The van der Waals surface area contributed by atoms with Crippen LogP contribution in [0.4, 0.5) is 0 Å². The zero-order valence-corrected chi connectivity index (χ0v) is 25.9. The number of nitrogens with one attached hydrogen (secondary N) is 2. The SMILES string of the molecule is CC(C)C(CNPP)CC(C)(C)C(C)(C)CC(CNC(=O)CCCCCC(=O)OP)C(C)C. The van der Waals surface area contributed by atoms with Crippen molar-refractivity contribution in [3.05, 3.63) is 0 Å². The Labute approximate surface area is 211 Å². The molecule has 0 aromatic heterocycles. The first-order valence-electron chi connectivity index (χ1n) is 12.6. The van der Waals surface area contributed by atoms with Crippen LogP contribution >= 0.6 is 26.8 Å². The molecule has 0 aromatic rings. The molecule has 5 nitrogen and oxygen atoms in total. The molecule has 0 aliphatic heterocycles. The predicted octanol–water partition coefficient (Wildman–Crippen LogP) is 6.74. The van der Waals surface area contributed by atoms with Crippen LogP contribution < -0.4 is 10.4 Å². The molecule has 33 heavy (non-hydrogen) atoms. The summed E-state index contributed by atoms with van der Waals surface area (Å²) in [5.74, 6) is 2.18. The summed E-state index contributed by atoms with van der Waals surface area (Å²) in [5, 5.41) is 6.74. The lowest BCUT2D eigenvalue weighted by Gasteiger charge is -2.47. The third-order valence-electron chi connectivity index (χ3n) is 7.71.